The zero-order valence-corrected chi connectivity index (χ0v) is 19.9. The summed E-state index contributed by atoms with van der Waals surface area (Å²) in [6, 6.07) is 1.50. The van der Waals surface area contributed by atoms with Crippen molar-refractivity contribution >= 4 is 54.7 Å². The lowest BCUT2D eigenvalue weighted by Crippen LogP contribution is -2.30. The monoisotopic (exact) mass is 512 g/mol. The van der Waals surface area contributed by atoms with Crippen LogP contribution in [0.15, 0.2) is 29.4 Å². The van der Waals surface area contributed by atoms with Gasteiger partial charge in [0.1, 0.15) is 16.2 Å². The molecule has 2 aliphatic rings. The molecule has 0 bridgehead atoms. The molecule has 1 unspecified atom stereocenters. The molecule has 3 heterocycles. The molecule has 5 rings (SSSR count). The number of carbonyl (C=O) groups excluding carboxylic acids is 1. The van der Waals surface area contributed by atoms with E-state index in [1.54, 1.807) is 0 Å². The van der Waals surface area contributed by atoms with Gasteiger partial charge in [0.2, 0.25) is 0 Å². The fourth-order valence-electron chi connectivity index (χ4n) is 4.24. The van der Waals surface area contributed by atoms with Crippen LogP contribution in [0.3, 0.4) is 0 Å². The summed E-state index contributed by atoms with van der Waals surface area (Å²) in [6.45, 7) is 1.22. The molecule has 1 atom stereocenters. The number of carbonyl (C=O) groups is 1. The van der Waals surface area contributed by atoms with Gasteiger partial charge in [-0.1, -0.05) is 22.9 Å². The molecule has 0 radical (unpaired) electrons. The van der Waals surface area contributed by atoms with Crippen molar-refractivity contribution in [2.75, 3.05) is 18.5 Å². The van der Waals surface area contributed by atoms with Crippen molar-refractivity contribution in [2.45, 2.75) is 48.3 Å². The maximum atomic E-state index is 14.6. The topological polar surface area (TPSA) is 103 Å². The molecule has 8 nitrogen and oxygen atoms in total. The number of halogens is 2. The molecule has 1 aliphatic heterocycles. The second kappa shape index (κ2) is 8.94. The summed E-state index contributed by atoms with van der Waals surface area (Å²) in [7, 11) is -3.65. The van der Waals surface area contributed by atoms with Crippen LogP contribution in [0, 0.1) is 11.7 Å². The second-order valence-corrected chi connectivity index (χ2v) is 12.3. The number of benzene rings is 1. The van der Waals surface area contributed by atoms with Gasteiger partial charge >= 0.3 is 0 Å². The summed E-state index contributed by atoms with van der Waals surface area (Å²) in [5, 5.41) is 7.34. The van der Waals surface area contributed by atoms with Crippen LogP contribution >= 0.6 is 22.9 Å². The number of hydrogen-bond acceptors (Lipinski definition) is 7. The minimum Gasteiger partial charge on any atom is -0.381 e. The number of anilines is 1. The predicted octanol–water partition coefficient (Wildman–Crippen LogP) is 4.22. The number of amides is 1. The van der Waals surface area contributed by atoms with Crippen LogP contribution in [-0.2, 0) is 19.4 Å². The molecule has 1 saturated carbocycles. The number of rotatable bonds is 7. The number of nitrogens with zero attached hydrogens (tertiary/aromatic N) is 3. The van der Waals surface area contributed by atoms with Crippen molar-refractivity contribution in [3.8, 4) is 0 Å². The highest BCUT2D eigenvalue weighted by Gasteiger charge is 2.39. The predicted molar refractivity (Wildman–Crippen MR) is 123 cm³/mol. The quantitative estimate of drug-likeness (QED) is 0.508. The first-order valence-corrected chi connectivity index (χ1v) is 13.5. The third kappa shape index (κ3) is 4.64. The Bertz CT molecular complexity index is 1300. The van der Waals surface area contributed by atoms with E-state index < -0.39 is 26.9 Å². The van der Waals surface area contributed by atoms with E-state index in [0.717, 1.165) is 30.2 Å². The first kappa shape index (κ1) is 22.7. The molecule has 1 saturated heterocycles. The number of fused-ring (bicyclic) bond motifs is 1. The van der Waals surface area contributed by atoms with E-state index in [4.69, 9.17) is 16.3 Å². The van der Waals surface area contributed by atoms with Crippen LogP contribution in [0.1, 0.15) is 38.1 Å². The molecule has 2 aromatic heterocycles. The Hall–Kier alpha value is -2.08. The fraction of sp³-hybridized carbons (Fsp3) is 0.476. The van der Waals surface area contributed by atoms with E-state index in [9.17, 15) is 17.6 Å². The maximum Gasteiger partial charge on any atom is 0.251 e. The smallest absolute Gasteiger partial charge is 0.251 e. The van der Waals surface area contributed by atoms with Crippen molar-refractivity contribution in [1.29, 1.82) is 0 Å². The zero-order valence-electron chi connectivity index (χ0n) is 17.5. The minimum absolute atomic E-state index is 0.0665. The van der Waals surface area contributed by atoms with Crippen LogP contribution in [0.25, 0.3) is 10.9 Å². The van der Waals surface area contributed by atoms with E-state index >= 15 is 0 Å². The highest BCUT2D eigenvalue weighted by molar-refractivity contribution is 7.92. The Morgan fingerprint density at radius 1 is 1.27 bits per heavy atom. The number of aromatic nitrogens is 3. The van der Waals surface area contributed by atoms with Crippen molar-refractivity contribution in [1.82, 2.24) is 14.8 Å². The Morgan fingerprint density at radius 2 is 2.03 bits per heavy atom. The van der Waals surface area contributed by atoms with Crippen molar-refractivity contribution < 1.29 is 22.3 Å². The summed E-state index contributed by atoms with van der Waals surface area (Å²) >= 11 is 7.07. The first-order valence-electron chi connectivity index (χ1n) is 10.7. The number of sulfone groups is 1. The van der Waals surface area contributed by atoms with Crippen molar-refractivity contribution in [2.24, 2.45) is 5.92 Å². The molecule has 0 spiro atoms. The maximum absolute atomic E-state index is 14.6. The Kier molecular flexibility index (Phi) is 6.15. The average Bonchev–Trinajstić information content (AvgIpc) is 3.47. The van der Waals surface area contributed by atoms with Gasteiger partial charge in [-0.2, -0.15) is 5.10 Å². The summed E-state index contributed by atoms with van der Waals surface area (Å²) in [5.74, 6) is -0.842. The lowest BCUT2D eigenvalue weighted by Gasteiger charge is -2.26. The van der Waals surface area contributed by atoms with Crippen LogP contribution < -0.4 is 5.32 Å². The lowest BCUT2D eigenvalue weighted by molar-refractivity contribution is -0.120. The number of nitrogens with one attached hydrogen (secondary N) is 1. The highest BCUT2D eigenvalue weighted by Crippen LogP contribution is 2.38. The van der Waals surface area contributed by atoms with Crippen LogP contribution in [0.4, 0.5) is 9.52 Å². The standard InChI is InChI=1S/C21H22ClFN4O4S2/c22-19-11-24-21(32-19)26-20(28)17(7-12-3-5-31-6-4-12)27-16-8-13(23)9-18(15(16)10-25-27)33(29,30)14-1-2-14/h8-12,14,17H,1-7H2,(H,24,26,28). The largest absolute Gasteiger partial charge is 0.381 e. The number of thiazole rings is 1. The highest BCUT2D eigenvalue weighted by atomic mass is 35.5. The van der Waals surface area contributed by atoms with Crippen molar-refractivity contribution in [3.05, 3.63) is 34.7 Å². The Balaban J connectivity index is 1.55. The zero-order chi connectivity index (χ0) is 23.2. The summed E-state index contributed by atoms with van der Waals surface area (Å²) in [4.78, 5) is 17.3. The SMILES string of the molecule is O=C(Nc1ncc(Cl)s1)C(CC1CCOCC1)n1ncc2c(S(=O)(=O)C3CC3)cc(F)cc21. The van der Waals surface area contributed by atoms with E-state index in [1.807, 2.05) is 0 Å². The van der Waals surface area contributed by atoms with Gasteiger partial charge in [-0.15, -0.1) is 0 Å². The summed E-state index contributed by atoms with van der Waals surface area (Å²) < 4.78 is 47.7. The molecule has 3 aromatic rings. The van der Waals surface area contributed by atoms with Gasteiger partial charge in [-0.05, 0) is 50.2 Å². The van der Waals surface area contributed by atoms with Gasteiger partial charge in [0.25, 0.3) is 5.91 Å². The van der Waals surface area contributed by atoms with Crippen LogP contribution in [0.2, 0.25) is 4.34 Å². The minimum atomic E-state index is -3.65. The molecule has 33 heavy (non-hydrogen) atoms. The molecule has 12 heteroatoms. The van der Waals surface area contributed by atoms with Gasteiger partial charge < -0.3 is 10.1 Å². The van der Waals surface area contributed by atoms with Crippen molar-refractivity contribution in [3.63, 3.8) is 0 Å². The molecular weight excluding hydrogens is 491 g/mol. The molecule has 1 aliphatic carbocycles. The third-order valence-electron chi connectivity index (χ3n) is 6.12. The van der Waals surface area contributed by atoms with Crippen LogP contribution in [0.5, 0.6) is 0 Å². The first-order chi connectivity index (χ1) is 15.8. The van der Waals surface area contributed by atoms with Gasteiger partial charge in [-0.3, -0.25) is 9.48 Å². The Morgan fingerprint density at radius 3 is 2.70 bits per heavy atom. The van der Waals surface area contributed by atoms with Gasteiger partial charge in [0.15, 0.2) is 15.0 Å². The summed E-state index contributed by atoms with van der Waals surface area (Å²) in [6.07, 6.45) is 6.03. The van der Waals surface area contributed by atoms with E-state index in [-0.39, 0.29) is 22.2 Å². The number of hydrogen-bond donors (Lipinski definition) is 1. The molecule has 176 valence electrons. The van der Waals surface area contributed by atoms with Gasteiger partial charge in [0.05, 0.1) is 28.1 Å². The second-order valence-electron chi connectivity index (χ2n) is 8.44. The lowest BCUT2D eigenvalue weighted by atomic mass is 9.92. The molecule has 1 N–H and O–H groups in total. The Labute approximate surface area is 199 Å². The number of ether oxygens (including phenoxy) is 1. The normalized spacial score (nSPS) is 18.5. The van der Waals surface area contributed by atoms with Crippen LogP contribution in [-0.4, -0.2) is 47.6 Å². The molecule has 1 aromatic carbocycles. The average molecular weight is 513 g/mol. The van der Waals surface area contributed by atoms with Gasteiger partial charge in [0, 0.05) is 18.6 Å². The molecule has 2 fully saturated rings. The van der Waals surface area contributed by atoms with E-state index in [1.165, 1.54) is 23.1 Å². The molecular formula is C21H22ClFN4O4S2. The van der Waals surface area contributed by atoms with E-state index in [0.29, 0.717) is 47.3 Å². The fourth-order valence-corrected chi connectivity index (χ4v) is 6.91. The third-order valence-corrected chi connectivity index (χ3v) is 9.45. The summed E-state index contributed by atoms with van der Waals surface area (Å²) in [5.41, 5.74) is 0.276. The van der Waals surface area contributed by atoms with E-state index in [2.05, 4.69) is 15.4 Å². The molecule has 1 amide bonds. The van der Waals surface area contributed by atoms with Gasteiger partial charge in [-0.25, -0.2) is 17.8 Å².